The molecule has 4 rings (SSSR count). The van der Waals surface area contributed by atoms with E-state index in [1.54, 1.807) is 0 Å². The van der Waals surface area contributed by atoms with Gasteiger partial charge in [0, 0.05) is 12.1 Å². The summed E-state index contributed by atoms with van der Waals surface area (Å²) in [4.78, 5) is 12.5. The Hall–Kier alpha value is -0.770. The number of amides is 1. The lowest BCUT2D eigenvalue weighted by Crippen LogP contribution is -2.66. The zero-order valence-electron chi connectivity index (χ0n) is 18.1. The van der Waals surface area contributed by atoms with Crippen LogP contribution in [0.3, 0.4) is 0 Å². The summed E-state index contributed by atoms with van der Waals surface area (Å²) in [5, 5.41) is 3.29. The number of unbranched alkanes of at least 4 members (excludes halogenated alkanes) is 5. The number of hydrogen-bond donors (Lipinski definition) is 1. The van der Waals surface area contributed by atoms with E-state index in [1.165, 1.54) is 57.8 Å². The third-order valence-electron chi connectivity index (χ3n) is 6.68. The van der Waals surface area contributed by atoms with Crippen molar-refractivity contribution < 1.29 is 14.3 Å². The molecule has 0 radical (unpaired) electrons. The maximum atomic E-state index is 12.5. The van der Waals surface area contributed by atoms with E-state index >= 15 is 0 Å². The normalized spacial score (nSPS) is 34.7. The van der Waals surface area contributed by atoms with Crippen molar-refractivity contribution in [2.24, 2.45) is 11.8 Å². The monoisotopic (exact) mass is 379 g/mol. The largest absolute Gasteiger partial charge is 0.444 e. The molecular weight excluding hydrogens is 338 g/mol. The molecule has 4 heteroatoms. The first kappa shape index (κ1) is 21.0. The summed E-state index contributed by atoms with van der Waals surface area (Å²) in [6.45, 7) is 8.93. The first-order valence-corrected chi connectivity index (χ1v) is 11.4. The van der Waals surface area contributed by atoms with E-state index in [-0.39, 0.29) is 17.2 Å². The molecule has 0 aliphatic heterocycles. The molecule has 2 unspecified atom stereocenters. The van der Waals surface area contributed by atoms with Gasteiger partial charge in [0.2, 0.25) is 0 Å². The van der Waals surface area contributed by atoms with Crippen molar-refractivity contribution in [1.29, 1.82) is 0 Å². The van der Waals surface area contributed by atoms with Crippen LogP contribution in [-0.4, -0.2) is 29.4 Å². The quantitative estimate of drug-likeness (QED) is 0.501. The lowest BCUT2D eigenvalue weighted by molar-refractivity contribution is -0.175. The predicted molar refractivity (Wildman–Crippen MR) is 109 cm³/mol. The first-order chi connectivity index (χ1) is 12.7. The molecule has 156 valence electrons. The molecule has 2 atom stereocenters. The highest BCUT2D eigenvalue weighted by molar-refractivity contribution is 5.69. The molecule has 4 aliphatic carbocycles. The van der Waals surface area contributed by atoms with E-state index in [2.05, 4.69) is 12.2 Å². The Morgan fingerprint density at radius 2 is 1.63 bits per heavy atom. The van der Waals surface area contributed by atoms with Gasteiger partial charge >= 0.3 is 6.09 Å². The van der Waals surface area contributed by atoms with Gasteiger partial charge in [0.05, 0.1) is 5.60 Å². The Balaban J connectivity index is 1.53. The van der Waals surface area contributed by atoms with Crippen LogP contribution in [-0.2, 0) is 9.47 Å². The van der Waals surface area contributed by atoms with Gasteiger partial charge < -0.3 is 14.8 Å². The molecule has 0 saturated heterocycles. The fraction of sp³-hybridized carbons (Fsp3) is 0.957. The van der Waals surface area contributed by atoms with E-state index in [1.807, 2.05) is 20.8 Å². The minimum Gasteiger partial charge on any atom is -0.444 e. The second kappa shape index (κ2) is 8.31. The average Bonchev–Trinajstić information content (AvgIpc) is 2.50. The highest BCUT2D eigenvalue weighted by Gasteiger charge is 2.59. The molecule has 4 nitrogen and oxygen atoms in total. The molecule has 1 N–H and O–H groups in total. The fourth-order valence-corrected chi connectivity index (χ4v) is 6.18. The number of rotatable bonds is 9. The first-order valence-electron chi connectivity index (χ1n) is 11.4. The molecule has 4 aliphatic rings. The molecular formula is C23H41NO3. The van der Waals surface area contributed by atoms with Crippen molar-refractivity contribution in [3.8, 4) is 0 Å². The van der Waals surface area contributed by atoms with E-state index in [4.69, 9.17) is 9.47 Å². The van der Waals surface area contributed by atoms with Gasteiger partial charge in [-0.25, -0.2) is 4.79 Å². The van der Waals surface area contributed by atoms with E-state index in [0.717, 1.165) is 25.9 Å². The summed E-state index contributed by atoms with van der Waals surface area (Å²) >= 11 is 0. The van der Waals surface area contributed by atoms with Crippen LogP contribution in [0, 0.1) is 11.8 Å². The highest BCUT2D eigenvalue weighted by atomic mass is 16.6. The summed E-state index contributed by atoms with van der Waals surface area (Å²) in [6, 6.07) is 0. The number of hydrogen-bond acceptors (Lipinski definition) is 3. The fourth-order valence-electron chi connectivity index (χ4n) is 6.18. The average molecular weight is 380 g/mol. The van der Waals surface area contributed by atoms with Crippen LogP contribution in [0.15, 0.2) is 0 Å². The second-order valence-electron chi connectivity index (χ2n) is 10.7. The summed E-state index contributed by atoms with van der Waals surface area (Å²) in [6.07, 6.45) is 14.4. The van der Waals surface area contributed by atoms with Gasteiger partial charge in [-0.1, -0.05) is 39.0 Å². The topological polar surface area (TPSA) is 47.6 Å². The van der Waals surface area contributed by atoms with Crippen LogP contribution in [0.5, 0.6) is 0 Å². The Morgan fingerprint density at radius 3 is 2.26 bits per heavy atom. The number of nitrogens with one attached hydrogen (secondary N) is 1. The number of ether oxygens (including phenoxy) is 2. The van der Waals surface area contributed by atoms with Crippen molar-refractivity contribution in [2.75, 3.05) is 6.61 Å². The molecule has 0 spiro atoms. The molecule has 0 aromatic heterocycles. The molecule has 27 heavy (non-hydrogen) atoms. The smallest absolute Gasteiger partial charge is 0.408 e. The van der Waals surface area contributed by atoms with Gasteiger partial charge in [-0.05, 0) is 77.6 Å². The van der Waals surface area contributed by atoms with Crippen LogP contribution in [0.1, 0.15) is 105 Å². The van der Waals surface area contributed by atoms with Crippen LogP contribution in [0.2, 0.25) is 0 Å². The molecule has 0 aromatic rings. The molecule has 4 bridgehead atoms. The minimum atomic E-state index is -0.446. The van der Waals surface area contributed by atoms with Gasteiger partial charge in [-0.15, -0.1) is 0 Å². The summed E-state index contributed by atoms with van der Waals surface area (Å²) < 4.78 is 12.1. The zero-order valence-corrected chi connectivity index (χ0v) is 18.1. The van der Waals surface area contributed by atoms with Crippen molar-refractivity contribution in [3.05, 3.63) is 0 Å². The van der Waals surface area contributed by atoms with E-state index in [0.29, 0.717) is 11.8 Å². The molecule has 4 fully saturated rings. The highest BCUT2D eigenvalue weighted by Crippen LogP contribution is 2.59. The lowest BCUT2D eigenvalue weighted by atomic mass is 9.51. The van der Waals surface area contributed by atoms with Gasteiger partial charge in [-0.3, -0.25) is 0 Å². The Kier molecular flexibility index (Phi) is 6.45. The van der Waals surface area contributed by atoms with Crippen LogP contribution in [0.25, 0.3) is 0 Å². The standard InChI is InChI=1S/C23H41NO3/c1-5-6-7-8-9-10-11-26-23-15-18-12-19(16-23)14-22(13-18,17-23)24-20(25)27-21(2,3)4/h18-19H,5-17H2,1-4H3,(H,24,25). The maximum absolute atomic E-state index is 12.5. The molecule has 4 saturated carbocycles. The lowest BCUT2D eigenvalue weighted by Gasteiger charge is -2.61. The van der Waals surface area contributed by atoms with Gasteiger partial charge in [0.25, 0.3) is 0 Å². The van der Waals surface area contributed by atoms with Crippen LogP contribution >= 0.6 is 0 Å². The van der Waals surface area contributed by atoms with E-state index < -0.39 is 5.60 Å². The van der Waals surface area contributed by atoms with Crippen LogP contribution < -0.4 is 5.32 Å². The second-order valence-corrected chi connectivity index (χ2v) is 10.7. The number of alkyl carbamates (subject to hydrolysis) is 1. The minimum absolute atomic E-state index is 0.00249. The van der Waals surface area contributed by atoms with Gasteiger partial charge in [0.15, 0.2) is 0 Å². The summed E-state index contributed by atoms with van der Waals surface area (Å²) in [7, 11) is 0. The number of carbonyl (C=O) groups excluding carboxylic acids is 1. The van der Waals surface area contributed by atoms with Gasteiger partial charge in [0.1, 0.15) is 5.60 Å². The summed E-state index contributed by atoms with van der Waals surface area (Å²) in [5.41, 5.74) is -0.547. The summed E-state index contributed by atoms with van der Waals surface area (Å²) in [5.74, 6) is 1.40. The predicted octanol–water partition coefficient (Wildman–Crippen LogP) is 5.98. The molecule has 0 heterocycles. The van der Waals surface area contributed by atoms with Crippen LogP contribution in [0.4, 0.5) is 4.79 Å². The Morgan fingerprint density at radius 1 is 1.00 bits per heavy atom. The van der Waals surface area contributed by atoms with Crippen molar-refractivity contribution in [3.63, 3.8) is 0 Å². The molecule has 0 aromatic carbocycles. The SMILES string of the molecule is CCCCCCCCOC12CC3CC(CC(NC(=O)OC(C)(C)C)(C3)C1)C2. The Labute approximate surface area is 166 Å². The third-order valence-corrected chi connectivity index (χ3v) is 6.68. The zero-order chi connectivity index (χ0) is 19.5. The van der Waals surface area contributed by atoms with Crippen molar-refractivity contribution in [1.82, 2.24) is 5.32 Å². The third kappa shape index (κ3) is 5.62. The number of carbonyl (C=O) groups is 1. The van der Waals surface area contributed by atoms with Crippen molar-refractivity contribution >= 4 is 6.09 Å². The maximum Gasteiger partial charge on any atom is 0.408 e. The van der Waals surface area contributed by atoms with E-state index in [9.17, 15) is 4.79 Å². The Bertz CT molecular complexity index is 496. The van der Waals surface area contributed by atoms with Gasteiger partial charge in [-0.2, -0.15) is 0 Å². The van der Waals surface area contributed by atoms with Crippen molar-refractivity contribution in [2.45, 2.75) is 121 Å². The molecule has 1 amide bonds.